The van der Waals surface area contributed by atoms with Crippen molar-refractivity contribution in [2.24, 2.45) is 5.16 Å². The van der Waals surface area contributed by atoms with E-state index in [0.29, 0.717) is 29.7 Å². The van der Waals surface area contributed by atoms with Gasteiger partial charge in [-0.1, -0.05) is 23.4 Å². The molecule has 1 unspecified atom stereocenters. The van der Waals surface area contributed by atoms with Crippen LogP contribution in [0.1, 0.15) is 48.0 Å². The molecule has 2 heterocycles. The average Bonchev–Trinajstić information content (AvgIpc) is 2.78. The van der Waals surface area contributed by atoms with Crippen LogP contribution in [0.3, 0.4) is 0 Å². The molecule has 1 fully saturated rings. The van der Waals surface area contributed by atoms with E-state index in [9.17, 15) is 19.8 Å². The number of oxime groups is 1. The molecule has 1 atom stereocenters. The molecule has 0 saturated carbocycles. The summed E-state index contributed by atoms with van der Waals surface area (Å²) in [4.78, 5) is 32.0. The predicted octanol–water partition coefficient (Wildman–Crippen LogP) is 2.74. The number of allylic oxidation sites excluding steroid dienone is 1. The molecule has 0 bridgehead atoms. The topological polar surface area (TPSA) is 109 Å². The fraction of sp³-hybridized carbons (Fsp3) is 0.458. The number of phenolic OH excluding ortho intramolecular Hbond substituents is 1. The number of carbonyl (C=O) groups excluding carboxylic acids is 2. The molecule has 2 aliphatic rings. The molecule has 0 radical (unpaired) electrons. The van der Waals surface area contributed by atoms with Gasteiger partial charge in [0.15, 0.2) is 6.61 Å². The van der Waals surface area contributed by atoms with Crippen LogP contribution < -0.4 is 0 Å². The Bertz CT molecular complexity index is 886. The third-order valence-electron chi connectivity index (χ3n) is 5.32. The number of esters is 1. The van der Waals surface area contributed by atoms with Crippen molar-refractivity contribution in [1.29, 1.82) is 0 Å². The van der Waals surface area contributed by atoms with Gasteiger partial charge in [-0.3, -0.25) is 4.79 Å². The number of benzene rings is 1. The van der Waals surface area contributed by atoms with Crippen molar-refractivity contribution in [3.63, 3.8) is 0 Å². The Morgan fingerprint density at radius 1 is 1.22 bits per heavy atom. The van der Waals surface area contributed by atoms with Gasteiger partial charge in [0.1, 0.15) is 5.75 Å². The van der Waals surface area contributed by atoms with Crippen molar-refractivity contribution >= 4 is 17.6 Å². The number of amides is 1. The number of likely N-dealkylation sites (tertiary alicyclic amines) is 1. The number of rotatable bonds is 3. The third kappa shape index (κ3) is 7.23. The Morgan fingerprint density at radius 2 is 2.03 bits per heavy atom. The van der Waals surface area contributed by atoms with Crippen molar-refractivity contribution in [1.82, 2.24) is 4.90 Å². The highest BCUT2D eigenvalue weighted by Gasteiger charge is 2.18. The first-order valence-electron chi connectivity index (χ1n) is 11.0. The van der Waals surface area contributed by atoms with E-state index in [2.05, 4.69) is 5.16 Å². The summed E-state index contributed by atoms with van der Waals surface area (Å²) in [7, 11) is 0. The Morgan fingerprint density at radius 3 is 2.84 bits per heavy atom. The summed E-state index contributed by atoms with van der Waals surface area (Å²) in [5.41, 5.74) is 1.30. The first-order chi connectivity index (χ1) is 15.5. The van der Waals surface area contributed by atoms with Crippen molar-refractivity contribution in [2.75, 3.05) is 26.3 Å². The molecule has 0 aliphatic carbocycles. The van der Waals surface area contributed by atoms with Crippen LogP contribution in [-0.4, -0.2) is 65.1 Å². The molecule has 1 amide bonds. The number of aliphatic hydroxyl groups excluding tert-OH is 1. The minimum atomic E-state index is -0.677. The van der Waals surface area contributed by atoms with Gasteiger partial charge in [-0.2, -0.15) is 0 Å². The van der Waals surface area contributed by atoms with E-state index < -0.39 is 12.1 Å². The number of hydrogen-bond donors (Lipinski definition) is 2. The molecule has 2 aliphatic heterocycles. The lowest BCUT2D eigenvalue weighted by Gasteiger charge is -2.26. The number of aliphatic hydroxyl groups is 1. The summed E-state index contributed by atoms with van der Waals surface area (Å²) in [6.45, 7) is 1.48. The van der Waals surface area contributed by atoms with Crippen LogP contribution in [0.4, 0.5) is 0 Å². The Kier molecular flexibility index (Phi) is 8.86. The van der Waals surface area contributed by atoms with Crippen molar-refractivity contribution in [3.8, 4) is 5.75 Å². The Hall–Kier alpha value is -3.13. The van der Waals surface area contributed by atoms with E-state index in [1.807, 2.05) is 0 Å². The highest BCUT2D eigenvalue weighted by Crippen LogP contribution is 2.20. The summed E-state index contributed by atoms with van der Waals surface area (Å²) < 4.78 is 5.31. The van der Waals surface area contributed by atoms with Gasteiger partial charge in [-0.15, -0.1) is 0 Å². The van der Waals surface area contributed by atoms with Crippen molar-refractivity contribution < 1.29 is 29.4 Å². The predicted molar refractivity (Wildman–Crippen MR) is 119 cm³/mol. The maximum absolute atomic E-state index is 12.5. The maximum Gasteiger partial charge on any atom is 0.338 e. The molecule has 2 N–H and O–H groups in total. The van der Waals surface area contributed by atoms with Gasteiger partial charge >= 0.3 is 5.97 Å². The molecule has 1 aromatic carbocycles. The molecule has 0 aromatic heterocycles. The molecule has 3 rings (SSSR count). The van der Waals surface area contributed by atoms with Crippen LogP contribution in [0.25, 0.3) is 0 Å². The quantitative estimate of drug-likeness (QED) is 0.423. The normalized spacial score (nSPS) is 23.5. The number of cyclic esters (lactones) is 1. The zero-order chi connectivity index (χ0) is 22.8. The molecule has 1 aromatic rings. The second-order valence-corrected chi connectivity index (χ2v) is 7.87. The molecule has 8 nitrogen and oxygen atoms in total. The fourth-order valence-corrected chi connectivity index (χ4v) is 3.62. The highest BCUT2D eigenvalue weighted by atomic mass is 16.6. The number of piperidine rings is 1. The largest absolute Gasteiger partial charge is 0.508 e. The fourth-order valence-electron chi connectivity index (χ4n) is 3.62. The standard InChI is InChI=1S/C24H30N2O6/c27-20-8-2-5-14-31-24(30)22-11-10-21(28)16-18(22)15-19(7-6-9-20)25-32-17-23(29)26-12-3-1-4-13-26/h2,6-8,10-11,16,20,27-28H,1,3-5,9,12-15,17H2/b7-6+,8-2+,25-19+. The number of hydrogen-bond acceptors (Lipinski definition) is 7. The van der Waals surface area contributed by atoms with Gasteiger partial charge in [0.05, 0.1) is 24.0 Å². The minimum Gasteiger partial charge on any atom is -0.508 e. The van der Waals surface area contributed by atoms with Crippen LogP contribution in [0, 0.1) is 0 Å². The highest BCUT2D eigenvalue weighted by molar-refractivity contribution is 5.99. The van der Waals surface area contributed by atoms with Crippen LogP contribution in [-0.2, 0) is 20.8 Å². The molecular weight excluding hydrogens is 412 g/mol. The summed E-state index contributed by atoms with van der Waals surface area (Å²) in [6, 6.07) is 4.43. The molecular formula is C24H30N2O6. The summed E-state index contributed by atoms with van der Waals surface area (Å²) in [5, 5.41) is 24.1. The lowest BCUT2D eigenvalue weighted by Crippen LogP contribution is -2.37. The number of phenols is 1. The van der Waals surface area contributed by atoms with Crippen LogP contribution in [0.15, 0.2) is 47.7 Å². The van der Waals surface area contributed by atoms with E-state index in [1.54, 1.807) is 29.2 Å². The van der Waals surface area contributed by atoms with Gasteiger partial charge < -0.3 is 24.7 Å². The van der Waals surface area contributed by atoms with E-state index in [1.165, 1.54) is 18.2 Å². The molecule has 172 valence electrons. The zero-order valence-corrected chi connectivity index (χ0v) is 18.1. The van der Waals surface area contributed by atoms with Gasteiger partial charge in [-0.25, -0.2) is 4.79 Å². The number of aromatic hydroxyl groups is 1. The number of ether oxygens (including phenoxy) is 1. The maximum atomic E-state index is 12.5. The molecule has 1 saturated heterocycles. The van der Waals surface area contributed by atoms with E-state index in [0.717, 1.165) is 32.4 Å². The van der Waals surface area contributed by atoms with Crippen molar-refractivity contribution in [3.05, 3.63) is 53.6 Å². The Labute approximate surface area is 187 Å². The summed E-state index contributed by atoms with van der Waals surface area (Å²) >= 11 is 0. The minimum absolute atomic E-state index is 0.0144. The second kappa shape index (κ2) is 12.0. The lowest BCUT2D eigenvalue weighted by molar-refractivity contribution is -0.137. The van der Waals surface area contributed by atoms with E-state index in [4.69, 9.17) is 9.57 Å². The second-order valence-electron chi connectivity index (χ2n) is 7.87. The molecule has 32 heavy (non-hydrogen) atoms. The van der Waals surface area contributed by atoms with Crippen LogP contribution in [0.2, 0.25) is 0 Å². The summed E-state index contributed by atoms with van der Waals surface area (Å²) in [6.07, 6.45) is 10.4. The number of carbonyl (C=O) groups is 2. The van der Waals surface area contributed by atoms with Crippen LogP contribution in [0.5, 0.6) is 5.75 Å². The smallest absolute Gasteiger partial charge is 0.338 e. The van der Waals surface area contributed by atoms with E-state index >= 15 is 0 Å². The first kappa shape index (κ1) is 23.5. The van der Waals surface area contributed by atoms with Gasteiger partial charge in [0, 0.05) is 19.5 Å². The molecule has 8 heteroatoms. The Balaban J connectivity index is 1.78. The van der Waals surface area contributed by atoms with Gasteiger partial charge in [0.2, 0.25) is 0 Å². The molecule has 0 spiro atoms. The monoisotopic (exact) mass is 442 g/mol. The zero-order valence-electron chi connectivity index (χ0n) is 18.1. The number of nitrogens with zero attached hydrogens (tertiary/aromatic N) is 2. The number of fused-ring (bicyclic) bond motifs is 1. The average molecular weight is 443 g/mol. The van der Waals surface area contributed by atoms with Gasteiger partial charge in [0.25, 0.3) is 5.91 Å². The third-order valence-corrected chi connectivity index (χ3v) is 5.32. The van der Waals surface area contributed by atoms with Gasteiger partial charge in [-0.05, 0) is 61.9 Å². The first-order valence-corrected chi connectivity index (χ1v) is 11.0. The SMILES string of the molecule is O=C1OCC/C=C/C(O)C/C=C/C(=N\OCC(=O)N2CCCCC2)Cc2cc(O)ccc21. The summed E-state index contributed by atoms with van der Waals surface area (Å²) in [5.74, 6) is -0.600. The lowest BCUT2D eigenvalue weighted by atomic mass is 10.0. The van der Waals surface area contributed by atoms with Crippen LogP contribution >= 0.6 is 0 Å². The van der Waals surface area contributed by atoms with E-state index in [-0.39, 0.29) is 31.3 Å². The van der Waals surface area contributed by atoms with Crippen molar-refractivity contribution in [2.45, 2.75) is 44.6 Å².